The highest BCUT2D eigenvalue weighted by atomic mass is 16.6. The lowest BCUT2D eigenvalue weighted by Gasteiger charge is -2.31. The van der Waals surface area contributed by atoms with E-state index in [0.717, 1.165) is 41.7 Å². The maximum absolute atomic E-state index is 13.4. The monoisotopic (exact) mass is 419 g/mol. The number of nitrogens with one attached hydrogen (secondary N) is 1. The minimum absolute atomic E-state index is 0.116. The molecule has 7 heteroatoms. The number of hydrogen-bond acceptors (Lipinski definition) is 6. The topological polar surface area (TPSA) is 93.5 Å². The van der Waals surface area contributed by atoms with Crippen molar-refractivity contribution >= 4 is 16.9 Å². The standard InChI is InChI=1S/C24H25N3O4/c1-3-24(30)18-11-20-21-16(12-27(20)22(28)17(18)13-31-23(24)29)14(9-10-25-4-2)15-7-5-6-8-19(15)26-21/h5-8,11,25,30H,3-4,9-10,12-13H2,1-2H3/t24-/m0/s1. The van der Waals surface area contributed by atoms with Crippen LogP contribution in [-0.2, 0) is 34.7 Å². The van der Waals surface area contributed by atoms with Crippen molar-refractivity contribution in [3.05, 3.63) is 62.9 Å². The average Bonchev–Trinajstić information content (AvgIpc) is 3.15. The van der Waals surface area contributed by atoms with Gasteiger partial charge in [-0.2, -0.15) is 0 Å². The summed E-state index contributed by atoms with van der Waals surface area (Å²) >= 11 is 0. The highest BCUT2D eigenvalue weighted by Crippen LogP contribution is 2.40. The van der Waals surface area contributed by atoms with Crippen molar-refractivity contribution in [2.24, 2.45) is 0 Å². The third-order valence-electron chi connectivity index (χ3n) is 6.51. The highest BCUT2D eigenvalue weighted by Gasteiger charge is 2.45. The van der Waals surface area contributed by atoms with E-state index in [-0.39, 0.29) is 18.6 Å². The molecule has 0 bridgehead atoms. The van der Waals surface area contributed by atoms with E-state index in [1.807, 2.05) is 18.2 Å². The maximum atomic E-state index is 13.4. The number of carbonyl (C=O) groups is 1. The van der Waals surface area contributed by atoms with E-state index in [4.69, 9.17) is 9.72 Å². The molecule has 3 aromatic rings. The number of ether oxygens (including phenoxy) is 1. The number of aromatic nitrogens is 2. The number of esters is 1. The summed E-state index contributed by atoms with van der Waals surface area (Å²) in [7, 11) is 0. The minimum Gasteiger partial charge on any atom is -0.458 e. The number of aliphatic hydroxyl groups is 1. The second-order valence-electron chi connectivity index (χ2n) is 8.14. The number of fused-ring (bicyclic) bond motifs is 5. The van der Waals surface area contributed by atoms with Gasteiger partial charge in [0.15, 0.2) is 5.60 Å². The van der Waals surface area contributed by atoms with Gasteiger partial charge in [-0.3, -0.25) is 4.79 Å². The Morgan fingerprint density at radius 3 is 2.81 bits per heavy atom. The van der Waals surface area contributed by atoms with Gasteiger partial charge in [0.05, 0.1) is 29.0 Å². The maximum Gasteiger partial charge on any atom is 0.343 e. The zero-order chi connectivity index (χ0) is 21.8. The van der Waals surface area contributed by atoms with E-state index >= 15 is 0 Å². The summed E-state index contributed by atoms with van der Waals surface area (Å²) in [6, 6.07) is 9.78. The van der Waals surface area contributed by atoms with Crippen molar-refractivity contribution in [3.63, 3.8) is 0 Å². The van der Waals surface area contributed by atoms with Crippen molar-refractivity contribution in [1.29, 1.82) is 0 Å². The minimum atomic E-state index is -1.81. The summed E-state index contributed by atoms with van der Waals surface area (Å²) in [6.07, 6.45) is 0.954. The third kappa shape index (κ3) is 2.84. The van der Waals surface area contributed by atoms with Crippen molar-refractivity contribution < 1.29 is 14.6 Å². The molecule has 2 aliphatic heterocycles. The number of benzene rings is 1. The molecule has 0 amide bonds. The molecular formula is C24H25N3O4. The molecule has 0 aliphatic carbocycles. The first kappa shape index (κ1) is 19.9. The smallest absolute Gasteiger partial charge is 0.343 e. The number of para-hydroxylation sites is 1. The Hall–Kier alpha value is -3.03. The number of cyclic esters (lactones) is 1. The van der Waals surface area contributed by atoms with Crippen LogP contribution in [0, 0.1) is 0 Å². The quantitative estimate of drug-likeness (QED) is 0.381. The van der Waals surface area contributed by atoms with Crippen LogP contribution in [0.4, 0.5) is 0 Å². The second-order valence-corrected chi connectivity index (χ2v) is 8.14. The van der Waals surface area contributed by atoms with Crippen LogP contribution in [0.5, 0.6) is 0 Å². The molecule has 0 unspecified atom stereocenters. The molecule has 2 aromatic heterocycles. The fourth-order valence-electron chi connectivity index (χ4n) is 4.79. The molecule has 160 valence electrons. The highest BCUT2D eigenvalue weighted by molar-refractivity contribution is 5.89. The van der Waals surface area contributed by atoms with Gasteiger partial charge in [-0.15, -0.1) is 0 Å². The van der Waals surface area contributed by atoms with Gasteiger partial charge in [-0.25, -0.2) is 9.78 Å². The van der Waals surface area contributed by atoms with Crippen LogP contribution in [0.3, 0.4) is 0 Å². The molecule has 0 saturated heterocycles. The number of nitrogens with zero attached hydrogens (tertiary/aromatic N) is 2. The van der Waals surface area contributed by atoms with E-state index in [1.165, 1.54) is 5.56 Å². The van der Waals surface area contributed by atoms with E-state index in [1.54, 1.807) is 17.6 Å². The Morgan fingerprint density at radius 1 is 1.23 bits per heavy atom. The van der Waals surface area contributed by atoms with Gasteiger partial charge in [0.2, 0.25) is 0 Å². The van der Waals surface area contributed by atoms with Gasteiger partial charge in [0, 0.05) is 16.5 Å². The summed E-state index contributed by atoms with van der Waals surface area (Å²) in [5.74, 6) is -0.706. The van der Waals surface area contributed by atoms with Crippen LogP contribution in [0.15, 0.2) is 35.1 Å². The Morgan fingerprint density at radius 2 is 2.03 bits per heavy atom. The molecule has 0 radical (unpaired) electrons. The van der Waals surface area contributed by atoms with Crippen LogP contribution in [0.25, 0.3) is 22.3 Å². The van der Waals surface area contributed by atoms with Crippen LogP contribution < -0.4 is 10.9 Å². The molecule has 0 spiro atoms. The lowest BCUT2D eigenvalue weighted by atomic mass is 9.86. The van der Waals surface area contributed by atoms with Gasteiger partial charge >= 0.3 is 5.97 Å². The Labute approximate surface area is 179 Å². The van der Waals surface area contributed by atoms with Crippen molar-refractivity contribution in [2.45, 2.75) is 45.4 Å². The Balaban J connectivity index is 1.76. The normalized spacial score (nSPS) is 19.1. The van der Waals surface area contributed by atoms with Crippen LogP contribution in [-0.4, -0.2) is 33.7 Å². The second kappa shape index (κ2) is 7.28. The van der Waals surface area contributed by atoms with Crippen LogP contribution >= 0.6 is 0 Å². The summed E-state index contributed by atoms with van der Waals surface area (Å²) in [5, 5.41) is 15.5. The van der Waals surface area contributed by atoms with Crippen molar-refractivity contribution in [2.75, 3.05) is 13.1 Å². The molecule has 0 fully saturated rings. The van der Waals surface area contributed by atoms with Gasteiger partial charge < -0.3 is 19.7 Å². The van der Waals surface area contributed by atoms with Gasteiger partial charge in [-0.1, -0.05) is 32.0 Å². The van der Waals surface area contributed by atoms with Crippen LogP contribution in [0.2, 0.25) is 0 Å². The Bertz CT molecular complexity index is 1280. The van der Waals surface area contributed by atoms with Crippen molar-refractivity contribution in [3.8, 4) is 11.4 Å². The molecule has 5 rings (SSSR count). The lowest BCUT2D eigenvalue weighted by molar-refractivity contribution is -0.172. The molecule has 1 aromatic carbocycles. The molecule has 2 aliphatic rings. The first-order valence-electron chi connectivity index (χ1n) is 10.8. The first-order valence-corrected chi connectivity index (χ1v) is 10.8. The van der Waals surface area contributed by atoms with Gasteiger partial charge in [0.25, 0.3) is 5.56 Å². The SMILES string of the molecule is CCNCCc1c2c(nc3ccccc13)-c1cc3c(c(=O)n1C2)COC(=O)[C@]3(O)CC. The van der Waals surface area contributed by atoms with Gasteiger partial charge in [0.1, 0.15) is 6.61 Å². The number of pyridine rings is 2. The van der Waals surface area contributed by atoms with E-state index < -0.39 is 11.6 Å². The fraction of sp³-hybridized carbons (Fsp3) is 0.375. The predicted molar refractivity (Wildman–Crippen MR) is 117 cm³/mol. The summed E-state index contributed by atoms with van der Waals surface area (Å²) < 4.78 is 6.85. The summed E-state index contributed by atoms with van der Waals surface area (Å²) in [6.45, 7) is 5.81. The molecule has 2 N–H and O–H groups in total. The lowest BCUT2D eigenvalue weighted by Crippen LogP contribution is -2.44. The Kier molecular flexibility index (Phi) is 4.68. The number of rotatable bonds is 5. The van der Waals surface area contributed by atoms with Crippen molar-refractivity contribution in [1.82, 2.24) is 14.9 Å². The molecule has 0 saturated carbocycles. The fourth-order valence-corrected chi connectivity index (χ4v) is 4.79. The zero-order valence-electron chi connectivity index (χ0n) is 17.7. The molecule has 4 heterocycles. The van der Waals surface area contributed by atoms with E-state index in [9.17, 15) is 14.7 Å². The molecule has 1 atom stereocenters. The summed E-state index contributed by atoms with van der Waals surface area (Å²) in [4.78, 5) is 30.6. The van der Waals surface area contributed by atoms with Crippen LogP contribution in [0.1, 0.15) is 42.5 Å². The number of likely N-dealkylation sites (N-methyl/N-ethyl adjacent to an activating group) is 1. The van der Waals surface area contributed by atoms with E-state index in [0.29, 0.717) is 23.4 Å². The molecular weight excluding hydrogens is 394 g/mol. The third-order valence-corrected chi connectivity index (χ3v) is 6.51. The predicted octanol–water partition coefficient (Wildman–Crippen LogP) is 2.23. The molecule has 31 heavy (non-hydrogen) atoms. The molecule has 7 nitrogen and oxygen atoms in total. The summed E-state index contributed by atoms with van der Waals surface area (Å²) in [5.41, 5.74) is 3.14. The number of carbonyl (C=O) groups excluding carboxylic acids is 1. The largest absolute Gasteiger partial charge is 0.458 e. The number of hydrogen-bond donors (Lipinski definition) is 2. The average molecular weight is 419 g/mol. The van der Waals surface area contributed by atoms with E-state index in [2.05, 4.69) is 18.3 Å². The van der Waals surface area contributed by atoms with Gasteiger partial charge in [-0.05, 0) is 43.6 Å². The zero-order valence-corrected chi connectivity index (χ0v) is 17.7. The first-order chi connectivity index (χ1) is 15.0.